The zero-order valence-electron chi connectivity index (χ0n) is 12.4. The summed E-state index contributed by atoms with van der Waals surface area (Å²) in [6, 6.07) is 5.82. The Hall–Kier alpha value is -1.42. The highest BCUT2D eigenvalue weighted by Crippen LogP contribution is 2.13. The molecule has 1 aromatic rings. The predicted octanol–water partition coefficient (Wildman–Crippen LogP) is 1.72. The van der Waals surface area contributed by atoms with Gasteiger partial charge in [0.2, 0.25) is 5.91 Å². The lowest BCUT2D eigenvalue weighted by atomic mass is 9.96. The Bertz CT molecular complexity index is 384. The molecule has 106 valence electrons. The van der Waals surface area contributed by atoms with Gasteiger partial charge in [-0.3, -0.25) is 14.7 Å². The van der Waals surface area contributed by atoms with Crippen LogP contribution in [0.2, 0.25) is 0 Å². The van der Waals surface area contributed by atoms with Crippen molar-refractivity contribution in [3.63, 3.8) is 0 Å². The number of carbonyl (C=O) groups excluding carboxylic acids is 1. The fraction of sp³-hybridized carbons (Fsp3) is 0.600. The maximum absolute atomic E-state index is 11.8. The first-order chi connectivity index (χ1) is 8.87. The van der Waals surface area contributed by atoms with E-state index in [1.54, 1.807) is 6.20 Å². The number of amides is 1. The van der Waals surface area contributed by atoms with Crippen molar-refractivity contribution in [2.24, 2.45) is 5.41 Å². The average Bonchev–Trinajstić information content (AvgIpc) is 2.27. The average molecular weight is 263 g/mol. The van der Waals surface area contributed by atoms with Gasteiger partial charge in [0.05, 0.1) is 6.54 Å². The fourth-order valence-electron chi connectivity index (χ4n) is 2.04. The monoisotopic (exact) mass is 263 g/mol. The van der Waals surface area contributed by atoms with Gasteiger partial charge in [-0.25, -0.2) is 0 Å². The molecular weight excluding hydrogens is 238 g/mol. The largest absolute Gasteiger partial charge is 0.355 e. The maximum Gasteiger partial charge on any atom is 0.234 e. The van der Waals surface area contributed by atoms with Gasteiger partial charge in [0.15, 0.2) is 0 Å². The quantitative estimate of drug-likeness (QED) is 0.850. The molecule has 4 heteroatoms. The van der Waals surface area contributed by atoms with Gasteiger partial charge in [0.25, 0.3) is 0 Å². The molecule has 0 saturated carbocycles. The predicted molar refractivity (Wildman–Crippen MR) is 77.9 cm³/mol. The number of pyridine rings is 1. The first-order valence-corrected chi connectivity index (χ1v) is 6.72. The van der Waals surface area contributed by atoms with E-state index >= 15 is 0 Å². The van der Waals surface area contributed by atoms with E-state index in [1.807, 2.05) is 25.2 Å². The zero-order valence-corrected chi connectivity index (χ0v) is 12.4. The molecule has 1 aromatic heterocycles. The zero-order chi connectivity index (χ0) is 14.3. The molecule has 0 aliphatic heterocycles. The highest BCUT2D eigenvalue weighted by molar-refractivity contribution is 5.77. The molecule has 0 aromatic carbocycles. The number of rotatable bonds is 6. The molecule has 1 rings (SSSR count). The van der Waals surface area contributed by atoms with Crippen molar-refractivity contribution in [3.8, 4) is 0 Å². The summed E-state index contributed by atoms with van der Waals surface area (Å²) in [6.07, 6.45) is 2.55. The minimum Gasteiger partial charge on any atom is -0.355 e. The second-order valence-electron chi connectivity index (χ2n) is 6.15. The third kappa shape index (κ3) is 7.57. The van der Waals surface area contributed by atoms with Crippen LogP contribution in [0.5, 0.6) is 0 Å². The molecule has 19 heavy (non-hydrogen) atoms. The van der Waals surface area contributed by atoms with Crippen LogP contribution < -0.4 is 5.32 Å². The SMILES string of the molecule is CN(CC(=O)NCCc1ccccn1)CC(C)(C)C. The van der Waals surface area contributed by atoms with Crippen molar-refractivity contribution in [2.45, 2.75) is 27.2 Å². The summed E-state index contributed by atoms with van der Waals surface area (Å²) in [5, 5.41) is 2.93. The Kier molecular flexibility index (Phi) is 5.96. The molecule has 0 fully saturated rings. The maximum atomic E-state index is 11.8. The molecule has 0 atom stereocenters. The molecule has 0 bridgehead atoms. The Morgan fingerprint density at radius 2 is 2.11 bits per heavy atom. The van der Waals surface area contributed by atoms with Gasteiger partial charge in [-0.15, -0.1) is 0 Å². The summed E-state index contributed by atoms with van der Waals surface area (Å²) in [4.78, 5) is 18.0. The van der Waals surface area contributed by atoms with Crippen LogP contribution in [0.1, 0.15) is 26.5 Å². The molecule has 4 nitrogen and oxygen atoms in total. The van der Waals surface area contributed by atoms with E-state index in [4.69, 9.17) is 0 Å². The Morgan fingerprint density at radius 1 is 1.37 bits per heavy atom. The summed E-state index contributed by atoms with van der Waals surface area (Å²) in [5.74, 6) is 0.0719. The first-order valence-electron chi connectivity index (χ1n) is 6.72. The number of hydrogen-bond acceptors (Lipinski definition) is 3. The van der Waals surface area contributed by atoms with E-state index in [2.05, 4.69) is 36.0 Å². The highest BCUT2D eigenvalue weighted by Gasteiger charge is 2.15. The van der Waals surface area contributed by atoms with Crippen molar-refractivity contribution in [2.75, 3.05) is 26.7 Å². The van der Waals surface area contributed by atoms with Crippen LogP contribution in [0.4, 0.5) is 0 Å². The second kappa shape index (κ2) is 7.24. The van der Waals surface area contributed by atoms with Crippen LogP contribution in [-0.4, -0.2) is 42.5 Å². The minimum atomic E-state index is 0.0719. The van der Waals surface area contributed by atoms with Crippen molar-refractivity contribution >= 4 is 5.91 Å². The summed E-state index contributed by atoms with van der Waals surface area (Å²) in [7, 11) is 1.98. The van der Waals surface area contributed by atoms with Crippen LogP contribution in [0.3, 0.4) is 0 Å². The smallest absolute Gasteiger partial charge is 0.234 e. The standard InChI is InChI=1S/C15H25N3O/c1-15(2,3)12-18(4)11-14(19)17-10-8-13-7-5-6-9-16-13/h5-7,9H,8,10-12H2,1-4H3,(H,17,19). The van der Waals surface area contributed by atoms with Gasteiger partial charge in [-0.2, -0.15) is 0 Å². The molecule has 0 aliphatic carbocycles. The van der Waals surface area contributed by atoms with Crippen LogP contribution in [0.15, 0.2) is 24.4 Å². The lowest BCUT2D eigenvalue weighted by Crippen LogP contribution is -2.39. The summed E-state index contributed by atoms with van der Waals surface area (Å²) < 4.78 is 0. The van der Waals surface area contributed by atoms with Crippen LogP contribution in [0, 0.1) is 5.41 Å². The van der Waals surface area contributed by atoms with Crippen LogP contribution >= 0.6 is 0 Å². The number of hydrogen-bond donors (Lipinski definition) is 1. The van der Waals surface area contributed by atoms with Gasteiger partial charge in [0, 0.05) is 31.4 Å². The lowest BCUT2D eigenvalue weighted by molar-refractivity contribution is -0.122. The molecule has 0 aliphatic rings. The van der Waals surface area contributed by atoms with Crippen LogP contribution in [0.25, 0.3) is 0 Å². The highest BCUT2D eigenvalue weighted by atomic mass is 16.2. The van der Waals surface area contributed by atoms with Crippen molar-refractivity contribution in [1.29, 1.82) is 0 Å². The van der Waals surface area contributed by atoms with Gasteiger partial charge < -0.3 is 5.32 Å². The van der Waals surface area contributed by atoms with E-state index in [9.17, 15) is 4.79 Å². The normalized spacial score (nSPS) is 11.6. The van der Waals surface area contributed by atoms with Crippen molar-refractivity contribution in [3.05, 3.63) is 30.1 Å². The number of nitrogens with one attached hydrogen (secondary N) is 1. The van der Waals surface area contributed by atoms with E-state index in [-0.39, 0.29) is 11.3 Å². The van der Waals surface area contributed by atoms with Gasteiger partial charge in [-0.05, 0) is 24.6 Å². The summed E-state index contributed by atoms with van der Waals surface area (Å²) in [6.45, 7) is 8.49. The van der Waals surface area contributed by atoms with Crippen molar-refractivity contribution < 1.29 is 4.79 Å². The van der Waals surface area contributed by atoms with E-state index in [0.29, 0.717) is 13.1 Å². The number of likely N-dealkylation sites (N-methyl/N-ethyl adjacent to an activating group) is 1. The van der Waals surface area contributed by atoms with Gasteiger partial charge in [-0.1, -0.05) is 26.8 Å². The first kappa shape index (κ1) is 15.6. The fourth-order valence-corrected chi connectivity index (χ4v) is 2.04. The Balaban J connectivity index is 2.21. The van der Waals surface area contributed by atoms with Crippen LogP contribution in [-0.2, 0) is 11.2 Å². The topological polar surface area (TPSA) is 45.2 Å². The van der Waals surface area contributed by atoms with Gasteiger partial charge in [0.1, 0.15) is 0 Å². The second-order valence-corrected chi connectivity index (χ2v) is 6.15. The van der Waals surface area contributed by atoms with Gasteiger partial charge >= 0.3 is 0 Å². The molecule has 1 heterocycles. The third-order valence-corrected chi connectivity index (χ3v) is 2.59. The third-order valence-electron chi connectivity index (χ3n) is 2.59. The Morgan fingerprint density at radius 3 is 2.68 bits per heavy atom. The number of carbonyl (C=O) groups is 1. The number of nitrogens with zero attached hydrogens (tertiary/aromatic N) is 2. The molecule has 0 saturated heterocycles. The molecule has 1 N–H and O–H groups in total. The van der Waals surface area contributed by atoms with E-state index in [0.717, 1.165) is 18.7 Å². The summed E-state index contributed by atoms with van der Waals surface area (Å²) in [5.41, 5.74) is 1.22. The lowest BCUT2D eigenvalue weighted by Gasteiger charge is -2.25. The molecule has 0 unspecified atom stereocenters. The number of aromatic nitrogens is 1. The molecular formula is C15H25N3O. The van der Waals surface area contributed by atoms with E-state index in [1.165, 1.54) is 0 Å². The van der Waals surface area contributed by atoms with E-state index < -0.39 is 0 Å². The molecule has 1 amide bonds. The molecule has 0 spiro atoms. The Labute approximate surface area is 116 Å². The van der Waals surface area contributed by atoms with Crippen molar-refractivity contribution in [1.82, 2.24) is 15.2 Å². The summed E-state index contributed by atoms with van der Waals surface area (Å²) >= 11 is 0. The molecule has 0 radical (unpaired) electrons. The minimum absolute atomic E-state index is 0.0719.